The van der Waals surface area contributed by atoms with Crippen molar-refractivity contribution in [1.82, 2.24) is 20.0 Å². The van der Waals surface area contributed by atoms with Gasteiger partial charge < -0.3 is 14.2 Å². The summed E-state index contributed by atoms with van der Waals surface area (Å²) in [7, 11) is 0. The molecular formula is C25H28N4O3. The zero-order valence-corrected chi connectivity index (χ0v) is 18.3. The van der Waals surface area contributed by atoms with Crippen LogP contribution in [-0.2, 0) is 17.6 Å². The second kappa shape index (κ2) is 8.28. The van der Waals surface area contributed by atoms with Crippen molar-refractivity contribution in [2.75, 3.05) is 19.8 Å². The highest BCUT2D eigenvalue weighted by molar-refractivity contribution is 6.08. The molecule has 1 aromatic carbocycles. The first-order chi connectivity index (χ1) is 15.8. The normalized spacial score (nSPS) is 21.8. The van der Waals surface area contributed by atoms with E-state index in [2.05, 4.69) is 5.16 Å². The lowest BCUT2D eigenvalue weighted by Crippen LogP contribution is -2.32. The molecule has 6 rings (SSSR count). The molecule has 1 aliphatic carbocycles. The fourth-order valence-corrected chi connectivity index (χ4v) is 5.53. The number of benzene rings is 1. The Morgan fingerprint density at radius 2 is 1.84 bits per heavy atom. The van der Waals surface area contributed by atoms with E-state index < -0.39 is 0 Å². The minimum Gasteiger partial charge on any atom is -0.381 e. The summed E-state index contributed by atoms with van der Waals surface area (Å²) in [5, 5.41) is 5.24. The molecule has 0 radical (unpaired) electrons. The first kappa shape index (κ1) is 19.9. The van der Waals surface area contributed by atoms with Gasteiger partial charge in [0.25, 0.3) is 5.91 Å². The van der Waals surface area contributed by atoms with Crippen LogP contribution in [0.2, 0.25) is 0 Å². The van der Waals surface area contributed by atoms with E-state index in [0.717, 1.165) is 98.1 Å². The SMILES string of the molecule is O=C(c1c2c(nc3ccccc13)CCCC2)N1CCCC1c1nc(C2CCOCC2)no1. The van der Waals surface area contributed by atoms with E-state index in [1.165, 1.54) is 0 Å². The highest BCUT2D eigenvalue weighted by Gasteiger charge is 2.37. The molecule has 3 aliphatic rings. The summed E-state index contributed by atoms with van der Waals surface area (Å²) in [4.78, 5) is 25.6. The number of carbonyl (C=O) groups excluding carboxylic acids is 1. The molecular weight excluding hydrogens is 404 g/mol. The van der Waals surface area contributed by atoms with Crippen molar-refractivity contribution in [3.05, 3.63) is 52.8 Å². The van der Waals surface area contributed by atoms with Crippen LogP contribution in [0.5, 0.6) is 0 Å². The van der Waals surface area contributed by atoms with Crippen molar-refractivity contribution >= 4 is 16.8 Å². The Morgan fingerprint density at radius 1 is 1.00 bits per heavy atom. The summed E-state index contributed by atoms with van der Waals surface area (Å²) >= 11 is 0. The van der Waals surface area contributed by atoms with E-state index in [0.29, 0.717) is 12.4 Å². The molecule has 0 saturated carbocycles. The molecule has 4 heterocycles. The van der Waals surface area contributed by atoms with Crippen LogP contribution >= 0.6 is 0 Å². The second-order valence-corrected chi connectivity index (χ2v) is 9.17. The average Bonchev–Trinajstić information content (AvgIpc) is 3.52. The van der Waals surface area contributed by atoms with Crippen LogP contribution in [0, 0.1) is 0 Å². The number of carbonyl (C=O) groups is 1. The van der Waals surface area contributed by atoms with Gasteiger partial charge in [-0.3, -0.25) is 9.78 Å². The largest absolute Gasteiger partial charge is 0.381 e. The number of hydrogen-bond donors (Lipinski definition) is 0. The van der Waals surface area contributed by atoms with Gasteiger partial charge in [-0.15, -0.1) is 0 Å². The predicted octanol–water partition coefficient (Wildman–Crippen LogP) is 4.37. The third-order valence-corrected chi connectivity index (χ3v) is 7.23. The topological polar surface area (TPSA) is 81.4 Å². The lowest BCUT2D eigenvalue weighted by Gasteiger charge is -2.26. The standard InChI is InChI=1S/C25H28N4O3/c30-25(22-17-6-1-3-8-19(17)26-20-9-4-2-7-18(20)22)29-13-5-10-21(29)24-27-23(28-32-24)16-11-14-31-15-12-16/h1,3,6,8,16,21H,2,4-5,7,9-15H2. The summed E-state index contributed by atoms with van der Waals surface area (Å²) in [6.07, 6.45) is 7.74. The number of ether oxygens (including phenoxy) is 1. The molecule has 32 heavy (non-hydrogen) atoms. The fourth-order valence-electron chi connectivity index (χ4n) is 5.53. The van der Waals surface area contributed by atoms with Gasteiger partial charge in [-0.05, 0) is 63.0 Å². The third kappa shape index (κ3) is 3.39. The Labute approximate surface area is 187 Å². The van der Waals surface area contributed by atoms with Crippen LogP contribution in [0.1, 0.15) is 83.8 Å². The Bertz CT molecular complexity index is 1150. The first-order valence-electron chi connectivity index (χ1n) is 11.9. The van der Waals surface area contributed by atoms with Crippen molar-refractivity contribution < 1.29 is 14.1 Å². The maximum absolute atomic E-state index is 14.0. The zero-order chi connectivity index (χ0) is 21.5. The van der Waals surface area contributed by atoms with Crippen molar-refractivity contribution in [2.45, 2.75) is 63.3 Å². The molecule has 1 amide bonds. The van der Waals surface area contributed by atoms with Crippen LogP contribution < -0.4 is 0 Å². The lowest BCUT2D eigenvalue weighted by atomic mass is 9.89. The third-order valence-electron chi connectivity index (χ3n) is 7.23. The van der Waals surface area contributed by atoms with Crippen molar-refractivity contribution in [3.63, 3.8) is 0 Å². The minimum atomic E-state index is -0.158. The Balaban J connectivity index is 1.36. The van der Waals surface area contributed by atoms with Gasteiger partial charge in [0, 0.05) is 36.8 Å². The molecule has 0 spiro atoms. The monoisotopic (exact) mass is 432 g/mol. The number of aryl methyl sites for hydroxylation is 1. The van der Waals surface area contributed by atoms with Gasteiger partial charge in [0.2, 0.25) is 5.89 Å². The van der Waals surface area contributed by atoms with E-state index in [4.69, 9.17) is 19.2 Å². The average molecular weight is 433 g/mol. The molecule has 7 heteroatoms. The molecule has 166 valence electrons. The number of aromatic nitrogens is 3. The maximum Gasteiger partial charge on any atom is 0.255 e. The Morgan fingerprint density at radius 3 is 2.75 bits per heavy atom. The van der Waals surface area contributed by atoms with Crippen LogP contribution in [0.4, 0.5) is 0 Å². The minimum absolute atomic E-state index is 0.0788. The molecule has 2 fully saturated rings. The van der Waals surface area contributed by atoms with Gasteiger partial charge in [-0.2, -0.15) is 4.98 Å². The van der Waals surface area contributed by atoms with E-state index in [1.54, 1.807) is 0 Å². The summed E-state index contributed by atoms with van der Waals surface area (Å²) in [5.41, 5.74) is 3.97. The molecule has 1 unspecified atom stereocenters. The number of nitrogens with zero attached hydrogens (tertiary/aromatic N) is 4. The van der Waals surface area contributed by atoms with E-state index in [9.17, 15) is 4.79 Å². The summed E-state index contributed by atoms with van der Waals surface area (Å²) in [6.45, 7) is 2.19. The van der Waals surface area contributed by atoms with E-state index >= 15 is 0 Å². The van der Waals surface area contributed by atoms with E-state index in [1.807, 2.05) is 29.2 Å². The molecule has 7 nitrogen and oxygen atoms in total. The van der Waals surface area contributed by atoms with Gasteiger partial charge in [0.05, 0.1) is 11.1 Å². The van der Waals surface area contributed by atoms with Gasteiger partial charge in [-0.1, -0.05) is 23.4 Å². The van der Waals surface area contributed by atoms with Crippen molar-refractivity contribution in [1.29, 1.82) is 0 Å². The van der Waals surface area contributed by atoms with Crippen molar-refractivity contribution in [3.8, 4) is 0 Å². The first-order valence-corrected chi connectivity index (χ1v) is 11.9. The molecule has 3 aromatic rings. The van der Waals surface area contributed by atoms with Gasteiger partial charge in [-0.25, -0.2) is 0 Å². The highest BCUT2D eigenvalue weighted by Crippen LogP contribution is 2.37. The number of para-hydroxylation sites is 1. The van der Waals surface area contributed by atoms with E-state index in [-0.39, 0.29) is 17.9 Å². The van der Waals surface area contributed by atoms with Gasteiger partial charge in [0.15, 0.2) is 5.82 Å². The summed E-state index contributed by atoms with van der Waals surface area (Å²) in [5.74, 6) is 1.69. The molecule has 2 aliphatic heterocycles. The number of amides is 1. The molecule has 2 aromatic heterocycles. The van der Waals surface area contributed by atoms with Crippen LogP contribution in [0.3, 0.4) is 0 Å². The van der Waals surface area contributed by atoms with Gasteiger partial charge >= 0.3 is 0 Å². The van der Waals surface area contributed by atoms with Crippen LogP contribution in [0.25, 0.3) is 10.9 Å². The number of hydrogen-bond acceptors (Lipinski definition) is 6. The number of likely N-dealkylation sites (tertiary alicyclic amines) is 1. The van der Waals surface area contributed by atoms with Crippen LogP contribution in [0.15, 0.2) is 28.8 Å². The Kier molecular flexibility index (Phi) is 5.14. The molecule has 1 atom stereocenters. The number of fused-ring (bicyclic) bond motifs is 2. The second-order valence-electron chi connectivity index (χ2n) is 9.17. The summed E-state index contributed by atoms with van der Waals surface area (Å²) in [6, 6.07) is 7.88. The molecule has 0 bridgehead atoms. The summed E-state index contributed by atoms with van der Waals surface area (Å²) < 4.78 is 11.2. The molecule has 0 N–H and O–H groups in total. The maximum atomic E-state index is 14.0. The van der Waals surface area contributed by atoms with Crippen LogP contribution in [-0.4, -0.2) is 45.7 Å². The fraction of sp³-hybridized carbons (Fsp3) is 0.520. The Hall–Kier alpha value is -2.80. The quantitative estimate of drug-likeness (QED) is 0.611. The number of pyridine rings is 1. The molecule has 2 saturated heterocycles. The zero-order valence-electron chi connectivity index (χ0n) is 18.3. The smallest absolute Gasteiger partial charge is 0.255 e. The predicted molar refractivity (Wildman–Crippen MR) is 118 cm³/mol. The number of rotatable bonds is 3. The van der Waals surface area contributed by atoms with Gasteiger partial charge in [0.1, 0.15) is 6.04 Å². The lowest BCUT2D eigenvalue weighted by molar-refractivity contribution is 0.0710. The highest BCUT2D eigenvalue weighted by atomic mass is 16.5. The van der Waals surface area contributed by atoms with Crippen molar-refractivity contribution in [2.24, 2.45) is 0 Å².